The summed E-state index contributed by atoms with van der Waals surface area (Å²) in [5, 5.41) is 9.20. The Balaban J connectivity index is 2.25. The fraction of sp³-hybridized carbons (Fsp3) is 0.500. The van der Waals surface area contributed by atoms with Crippen molar-refractivity contribution in [1.82, 2.24) is 4.90 Å². The maximum Gasteiger partial charge on any atom is 0.339 e. The van der Waals surface area contributed by atoms with Crippen molar-refractivity contribution in [1.29, 1.82) is 0 Å². The van der Waals surface area contributed by atoms with Crippen LogP contribution in [-0.4, -0.2) is 41.7 Å². The maximum atomic E-state index is 11.2. The smallest absolute Gasteiger partial charge is 0.339 e. The summed E-state index contributed by atoms with van der Waals surface area (Å²) in [6, 6.07) is 4.81. The molecule has 0 bridgehead atoms. The number of nitrogens with zero attached hydrogens (tertiary/aromatic N) is 1. The summed E-state index contributed by atoms with van der Waals surface area (Å²) < 4.78 is 5.98. The Hall–Kier alpha value is -1.75. The minimum atomic E-state index is -1.01. The summed E-state index contributed by atoms with van der Waals surface area (Å²) >= 11 is 0. The third kappa shape index (κ3) is 2.98. The van der Waals surface area contributed by atoms with Crippen LogP contribution in [0.15, 0.2) is 18.2 Å². The Kier molecular flexibility index (Phi) is 3.66. The molecule has 1 heterocycles. The van der Waals surface area contributed by atoms with Crippen molar-refractivity contribution in [2.75, 3.05) is 25.9 Å². The van der Waals surface area contributed by atoms with Crippen LogP contribution >= 0.6 is 0 Å². The first kappa shape index (κ1) is 13.7. The largest absolute Gasteiger partial charge is 0.484 e. The molecule has 0 aromatic heterocycles. The minimum Gasteiger partial charge on any atom is -0.484 e. The van der Waals surface area contributed by atoms with Gasteiger partial charge in [0.15, 0.2) is 5.75 Å². The molecule has 5 nitrogen and oxygen atoms in total. The third-order valence-electron chi connectivity index (χ3n) is 3.67. The third-order valence-corrected chi connectivity index (χ3v) is 3.67. The van der Waals surface area contributed by atoms with Crippen LogP contribution in [-0.2, 0) is 0 Å². The van der Waals surface area contributed by atoms with E-state index >= 15 is 0 Å². The molecule has 3 N–H and O–H groups in total. The van der Waals surface area contributed by atoms with E-state index in [2.05, 4.69) is 11.9 Å². The van der Waals surface area contributed by atoms with Crippen molar-refractivity contribution in [3.05, 3.63) is 23.8 Å². The van der Waals surface area contributed by atoms with Gasteiger partial charge in [-0.05, 0) is 38.9 Å². The van der Waals surface area contributed by atoms with Crippen molar-refractivity contribution in [2.45, 2.75) is 25.4 Å². The highest BCUT2D eigenvalue weighted by Gasteiger charge is 2.32. The van der Waals surface area contributed by atoms with Crippen molar-refractivity contribution in [3.63, 3.8) is 0 Å². The first-order valence-electron chi connectivity index (χ1n) is 6.41. The Bertz CT molecular complexity index is 480. The first-order chi connectivity index (χ1) is 8.91. The molecule has 1 fully saturated rings. The first-order valence-corrected chi connectivity index (χ1v) is 6.41. The number of para-hydroxylation sites is 1. The van der Waals surface area contributed by atoms with Gasteiger partial charge in [0, 0.05) is 13.1 Å². The van der Waals surface area contributed by atoms with Crippen LogP contribution in [0.2, 0.25) is 0 Å². The van der Waals surface area contributed by atoms with E-state index in [1.165, 1.54) is 6.07 Å². The topological polar surface area (TPSA) is 75.8 Å². The van der Waals surface area contributed by atoms with Gasteiger partial charge in [-0.15, -0.1) is 0 Å². The number of carboxylic acid groups (broad SMARTS) is 1. The highest BCUT2D eigenvalue weighted by molar-refractivity contribution is 5.93. The molecule has 2 rings (SSSR count). The fourth-order valence-corrected chi connectivity index (χ4v) is 2.28. The van der Waals surface area contributed by atoms with Gasteiger partial charge in [0.25, 0.3) is 0 Å². The van der Waals surface area contributed by atoms with Gasteiger partial charge in [0.2, 0.25) is 0 Å². The average molecular weight is 264 g/mol. The Morgan fingerprint density at radius 1 is 1.42 bits per heavy atom. The lowest BCUT2D eigenvalue weighted by atomic mass is 9.93. The second kappa shape index (κ2) is 5.09. The summed E-state index contributed by atoms with van der Waals surface area (Å²) in [5.41, 5.74) is 6.01. The number of hydrogen-bond donors (Lipinski definition) is 2. The van der Waals surface area contributed by atoms with Crippen molar-refractivity contribution < 1.29 is 14.6 Å². The summed E-state index contributed by atoms with van der Waals surface area (Å²) in [5.74, 6) is -0.721. The molecule has 5 heteroatoms. The maximum absolute atomic E-state index is 11.2. The molecule has 1 aromatic carbocycles. The molecule has 0 aliphatic carbocycles. The highest BCUT2D eigenvalue weighted by atomic mass is 16.5. The number of carboxylic acids is 1. The zero-order valence-electron chi connectivity index (χ0n) is 11.3. The Morgan fingerprint density at radius 2 is 2.05 bits per heavy atom. The van der Waals surface area contributed by atoms with Crippen LogP contribution < -0.4 is 10.5 Å². The van der Waals surface area contributed by atoms with Gasteiger partial charge in [-0.3, -0.25) is 0 Å². The molecule has 1 aliphatic rings. The number of ether oxygens (including phenoxy) is 1. The van der Waals surface area contributed by atoms with Gasteiger partial charge in [-0.1, -0.05) is 6.07 Å². The molecule has 0 saturated carbocycles. The molecule has 19 heavy (non-hydrogen) atoms. The summed E-state index contributed by atoms with van der Waals surface area (Å²) in [6.07, 6.45) is 1.72. The number of carbonyl (C=O) groups is 1. The number of benzene rings is 1. The molecule has 0 radical (unpaired) electrons. The second-order valence-corrected chi connectivity index (χ2v) is 5.38. The zero-order chi connectivity index (χ0) is 14.0. The van der Waals surface area contributed by atoms with Crippen molar-refractivity contribution >= 4 is 11.7 Å². The molecule has 0 atom stereocenters. The monoisotopic (exact) mass is 264 g/mol. The Labute approximate surface area is 113 Å². The van der Waals surface area contributed by atoms with E-state index in [0.29, 0.717) is 11.4 Å². The van der Waals surface area contributed by atoms with Crippen molar-refractivity contribution in [2.24, 2.45) is 0 Å². The number of rotatable bonds is 3. The Morgan fingerprint density at radius 3 is 2.63 bits per heavy atom. The van der Waals surface area contributed by atoms with Gasteiger partial charge in [-0.25, -0.2) is 4.79 Å². The summed E-state index contributed by atoms with van der Waals surface area (Å²) in [4.78, 5) is 13.5. The number of anilines is 1. The molecular weight excluding hydrogens is 244 g/mol. The van der Waals surface area contributed by atoms with Crippen LogP contribution in [0.5, 0.6) is 5.75 Å². The SMILES string of the molecule is CN1CCC(C)(Oc2c(N)cccc2C(=O)O)CC1. The lowest BCUT2D eigenvalue weighted by Crippen LogP contribution is -2.44. The van der Waals surface area contributed by atoms with Gasteiger partial charge >= 0.3 is 5.97 Å². The fourth-order valence-electron chi connectivity index (χ4n) is 2.28. The standard InChI is InChI=1S/C14H20N2O3/c1-14(6-8-16(2)9-7-14)19-12-10(13(17)18)4-3-5-11(12)15/h3-5H,6-9,15H2,1-2H3,(H,17,18). The number of nitrogens with two attached hydrogens (primary N) is 1. The van der Waals surface area contributed by atoms with E-state index in [-0.39, 0.29) is 11.2 Å². The lowest BCUT2D eigenvalue weighted by Gasteiger charge is -2.38. The molecule has 1 aliphatic heterocycles. The summed E-state index contributed by atoms with van der Waals surface area (Å²) in [7, 11) is 2.07. The van der Waals surface area contributed by atoms with Crippen LogP contribution in [0.1, 0.15) is 30.1 Å². The van der Waals surface area contributed by atoms with Crippen LogP contribution in [0, 0.1) is 0 Å². The van der Waals surface area contributed by atoms with Crippen LogP contribution in [0.3, 0.4) is 0 Å². The number of piperidine rings is 1. The number of hydrogen-bond acceptors (Lipinski definition) is 4. The van der Waals surface area contributed by atoms with E-state index in [9.17, 15) is 9.90 Å². The molecule has 1 saturated heterocycles. The lowest BCUT2D eigenvalue weighted by molar-refractivity contribution is 0.0232. The van der Waals surface area contributed by atoms with Crippen molar-refractivity contribution in [3.8, 4) is 5.75 Å². The van der Waals surface area contributed by atoms with Gasteiger partial charge < -0.3 is 20.5 Å². The predicted molar refractivity (Wildman–Crippen MR) is 73.6 cm³/mol. The van der Waals surface area contributed by atoms with Crippen LogP contribution in [0.25, 0.3) is 0 Å². The quantitative estimate of drug-likeness (QED) is 0.815. The highest BCUT2D eigenvalue weighted by Crippen LogP contribution is 2.34. The number of aromatic carboxylic acids is 1. The molecule has 0 amide bonds. The average Bonchev–Trinajstić information content (AvgIpc) is 2.36. The summed E-state index contributed by atoms with van der Waals surface area (Å²) in [6.45, 7) is 3.88. The molecular formula is C14H20N2O3. The van der Waals surface area contributed by atoms with E-state index in [1.807, 2.05) is 6.92 Å². The molecule has 104 valence electrons. The van der Waals surface area contributed by atoms with E-state index < -0.39 is 5.97 Å². The predicted octanol–water partition coefficient (Wildman–Crippen LogP) is 1.83. The van der Waals surface area contributed by atoms with E-state index in [4.69, 9.17) is 10.5 Å². The zero-order valence-corrected chi connectivity index (χ0v) is 11.3. The molecule has 0 unspecified atom stereocenters. The molecule has 0 spiro atoms. The minimum absolute atomic E-state index is 0.125. The van der Waals surface area contributed by atoms with Crippen LogP contribution in [0.4, 0.5) is 5.69 Å². The number of likely N-dealkylation sites (tertiary alicyclic amines) is 1. The van der Waals surface area contributed by atoms with Gasteiger partial charge in [0.1, 0.15) is 11.2 Å². The molecule has 1 aromatic rings. The van der Waals surface area contributed by atoms with E-state index in [0.717, 1.165) is 25.9 Å². The second-order valence-electron chi connectivity index (χ2n) is 5.38. The van der Waals surface area contributed by atoms with Gasteiger partial charge in [0.05, 0.1) is 5.69 Å². The normalized spacial score (nSPS) is 19.1. The van der Waals surface area contributed by atoms with Gasteiger partial charge in [-0.2, -0.15) is 0 Å². The number of nitrogen functional groups attached to an aromatic ring is 1. The van der Waals surface area contributed by atoms with E-state index in [1.54, 1.807) is 12.1 Å².